The van der Waals surface area contributed by atoms with E-state index in [0.29, 0.717) is 0 Å². The zero-order valence-electron chi connectivity index (χ0n) is 12.8. The van der Waals surface area contributed by atoms with E-state index in [2.05, 4.69) is 6.92 Å². The van der Waals surface area contributed by atoms with Gasteiger partial charge in [-0.05, 0) is 54.4 Å². The van der Waals surface area contributed by atoms with Crippen LogP contribution in [0.1, 0.15) is 67.7 Å². The fourth-order valence-corrected chi connectivity index (χ4v) is 1.77. The van der Waals surface area contributed by atoms with Gasteiger partial charge >= 0.3 is 0 Å². The minimum Gasteiger partial charge on any atom is -0.228 e. The molecule has 4 nitrogen and oxygen atoms in total. The first-order chi connectivity index (χ1) is 8.04. The molecule has 18 heavy (non-hydrogen) atoms. The molecule has 0 aromatic rings. The van der Waals surface area contributed by atoms with Gasteiger partial charge in [0, 0.05) is 12.3 Å². The van der Waals surface area contributed by atoms with Crippen molar-refractivity contribution in [2.75, 3.05) is 0 Å². The van der Waals surface area contributed by atoms with Crippen LogP contribution in [0, 0.1) is 5.92 Å². The molecular formula is C14H28O4. The zero-order valence-corrected chi connectivity index (χ0v) is 12.8. The van der Waals surface area contributed by atoms with E-state index in [4.69, 9.17) is 19.6 Å². The molecule has 1 aliphatic carbocycles. The third kappa shape index (κ3) is 4.84. The lowest BCUT2D eigenvalue weighted by Crippen LogP contribution is -2.43. The summed E-state index contributed by atoms with van der Waals surface area (Å²) in [5.74, 6) is -0.525. The molecule has 0 spiro atoms. The maximum atomic E-state index is 5.62. The van der Waals surface area contributed by atoms with Crippen LogP contribution in [0.25, 0.3) is 0 Å². The van der Waals surface area contributed by atoms with E-state index in [1.54, 1.807) is 0 Å². The van der Waals surface area contributed by atoms with Crippen molar-refractivity contribution in [1.82, 2.24) is 0 Å². The maximum Gasteiger partial charge on any atom is 0.236 e. The molecule has 0 bridgehead atoms. The van der Waals surface area contributed by atoms with Gasteiger partial charge in [-0.2, -0.15) is 9.78 Å². The summed E-state index contributed by atoms with van der Waals surface area (Å²) in [5.41, 5.74) is -0.721. The van der Waals surface area contributed by atoms with E-state index in [-0.39, 0.29) is 17.1 Å². The lowest BCUT2D eigenvalue weighted by Gasteiger charge is -2.35. The highest BCUT2D eigenvalue weighted by Crippen LogP contribution is 2.41. The van der Waals surface area contributed by atoms with Gasteiger partial charge in [0.15, 0.2) is 0 Å². The van der Waals surface area contributed by atoms with Gasteiger partial charge in [-0.3, -0.25) is 0 Å². The van der Waals surface area contributed by atoms with Crippen molar-refractivity contribution in [1.29, 1.82) is 0 Å². The zero-order chi connectivity index (χ0) is 14.0. The Hall–Kier alpha value is -0.160. The van der Waals surface area contributed by atoms with Gasteiger partial charge in [0.2, 0.25) is 5.79 Å². The Kier molecular flexibility index (Phi) is 4.81. The van der Waals surface area contributed by atoms with E-state index >= 15 is 0 Å². The van der Waals surface area contributed by atoms with Crippen molar-refractivity contribution < 1.29 is 19.6 Å². The Bertz CT molecular complexity index is 244. The lowest BCUT2D eigenvalue weighted by atomic mass is 10.1. The topological polar surface area (TPSA) is 36.9 Å². The van der Waals surface area contributed by atoms with Crippen LogP contribution in [-0.2, 0) is 19.6 Å². The molecule has 1 aliphatic rings. The lowest BCUT2D eigenvalue weighted by molar-refractivity contribution is -0.547. The molecule has 0 aromatic heterocycles. The SMILES string of the molecule is CC1CCCC1(OOC(C)(C)C)OOC(C)(C)C. The van der Waals surface area contributed by atoms with Crippen molar-refractivity contribution in [3.05, 3.63) is 0 Å². The highest BCUT2D eigenvalue weighted by molar-refractivity contribution is 4.82. The van der Waals surface area contributed by atoms with Crippen LogP contribution >= 0.6 is 0 Å². The molecular weight excluding hydrogens is 232 g/mol. The summed E-state index contributed by atoms with van der Waals surface area (Å²) >= 11 is 0. The van der Waals surface area contributed by atoms with E-state index < -0.39 is 5.79 Å². The summed E-state index contributed by atoms with van der Waals surface area (Å²) in [4.78, 5) is 22.1. The molecule has 0 aromatic carbocycles. The first kappa shape index (κ1) is 15.9. The minimum atomic E-state index is -0.777. The minimum absolute atomic E-state index is 0.252. The third-order valence-corrected chi connectivity index (χ3v) is 2.78. The van der Waals surface area contributed by atoms with Crippen LogP contribution < -0.4 is 0 Å². The predicted octanol–water partition coefficient (Wildman–Crippen LogP) is 4.00. The second-order valence-electron chi connectivity index (χ2n) is 7.16. The summed E-state index contributed by atoms with van der Waals surface area (Å²) in [6.45, 7) is 13.8. The number of rotatable bonds is 4. The fraction of sp³-hybridized carbons (Fsp3) is 1.00. The van der Waals surface area contributed by atoms with Crippen molar-refractivity contribution in [2.24, 2.45) is 5.92 Å². The molecule has 1 fully saturated rings. The molecule has 0 aliphatic heterocycles. The fourth-order valence-electron chi connectivity index (χ4n) is 1.77. The molecule has 0 saturated heterocycles. The van der Waals surface area contributed by atoms with Crippen molar-refractivity contribution in [3.63, 3.8) is 0 Å². The maximum absolute atomic E-state index is 5.62. The van der Waals surface area contributed by atoms with Gasteiger partial charge in [0.05, 0.1) is 11.2 Å². The Labute approximate surface area is 111 Å². The van der Waals surface area contributed by atoms with Crippen LogP contribution in [0.3, 0.4) is 0 Å². The molecule has 108 valence electrons. The smallest absolute Gasteiger partial charge is 0.228 e. The largest absolute Gasteiger partial charge is 0.236 e. The van der Waals surface area contributed by atoms with E-state index in [0.717, 1.165) is 19.3 Å². The number of hydrogen-bond acceptors (Lipinski definition) is 4. The first-order valence-electron chi connectivity index (χ1n) is 6.78. The average Bonchev–Trinajstić information content (AvgIpc) is 2.53. The normalized spacial score (nSPS) is 24.5. The van der Waals surface area contributed by atoms with Crippen molar-refractivity contribution >= 4 is 0 Å². The van der Waals surface area contributed by atoms with Crippen LogP contribution in [0.15, 0.2) is 0 Å². The van der Waals surface area contributed by atoms with Crippen molar-refractivity contribution in [3.8, 4) is 0 Å². The Morgan fingerprint density at radius 1 is 0.889 bits per heavy atom. The second-order valence-corrected chi connectivity index (χ2v) is 7.16. The van der Waals surface area contributed by atoms with E-state index in [9.17, 15) is 0 Å². The van der Waals surface area contributed by atoms with Gasteiger partial charge in [0.1, 0.15) is 0 Å². The molecule has 0 N–H and O–H groups in total. The highest BCUT2D eigenvalue weighted by Gasteiger charge is 2.47. The van der Waals surface area contributed by atoms with E-state index in [1.807, 2.05) is 41.5 Å². The third-order valence-electron chi connectivity index (χ3n) is 2.78. The molecule has 0 radical (unpaired) electrons. The Morgan fingerprint density at radius 3 is 1.61 bits per heavy atom. The predicted molar refractivity (Wildman–Crippen MR) is 69.6 cm³/mol. The monoisotopic (exact) mass is 260 g/mol. The first-order valence-corrected chi connectivity index (χ1v) is 6.78. The molecule has 1 saturated carbocycles. The molecule has 1 rings (SSSR count). The van der Waals surface area contributed by atoms with Crippen LogP contribution in [0.4, 0.5) is 0 Å². The van der Waals surface area contributed by atoms with Gasteiger partial charge < -0.3 is 0 Å². The summed E-state index contributed by atoms with van der Waals surface area (Å²) in [6.07, 6.45) is 2.91. The quantitative estimate of drug-likeness (QED) is 0.435. The number of hydrogen-bond donors (Lipinski definition) is 0. The van der Waals surface area contributed by atoms with E-state index in [1.165, 1.54) is 0 Å². The summed E-state index contributed by atoms with van der Waals surface area (Å²) in [6, 6.07) is 0. The Morgan fingerprint density at radius 2 is 1.33 bits per heavy atom. The molecule has 1 unspecified atom stereocenters. The highest BCUT2D eigenvalue weighted by atomic mass is 17.3. The molecule has 0 amide bonds. The van der Waals surface area contributed by atoms with Crippen LogP contribution in [-0.4, -0.2) is 17.0 Å². The van der Waals surface area contributed by atoms with Crippen LogP contribution in [0.2, 0.25) is 0 Å². The van der Waals surface area contributed by atoms with Crippen molar-refractivity contribution in [2.45, 2.75) is 84.7 Å². The summed E-state index contributed by atoms with van der Waals surface area (Å²) < 4.78 is 0. The standard InChI is InChI=1S/C14H28O4/c1-11-9-8-10-14(11,17-15-12(2,3)4)18-16-13(5,6)7/h11H,8-10H2,1-7H3. The molecule has 4 heteroatoms. The van der Waals surface area contributed by atoms with Gasteiger partial charge in [-0.1, -0.05) is 6.92 Å². The molecule has 0 heterocycles. The van der Waals surface area contributed by atoms with Gasteiger partial charge in [0.25, 0.3) is 0 Å². The average molecular weight is 260 g/mol. The second kappa shape index (κ2) is 5.45. The van der Waals surface area contributed by atoms with Crippen LogP contribution in [0.5, 0.6) is 0 Å². The Balaban J connectivity index is 2.65. The van der Waals surface area contributed by atoms with Gasteiger partial charge in [-0.25, -0.2) is 9.78 Å². The summed E-state index contributed by atoms with van der Waals surface area (Å²) in [7, 11) is 0. The molecule has 1 atom stereocenters. The summed E-state index contributed by atoms with van der Waals surface area (Å²) in [5, 5.41) is 0. The van der Waals surface area contributed by atoms with Gasteiger partial charge in [-0.15, -0.1) is 0 Å².